The first-order chi connectivity index (χ1) is 8.31. The molecule has 5 heteroatoms. The number of carbonyl (C=O) groups excluding carboxylic acids is 1. The number of nitrogens with one attached hydrogen (secondary N) is 1. The van der Waals surface area contributed by atoms with Gasteiger partial charge in [-0.3, -0.25) is 4.79 Å². The van der Waals surface area contributed by atoms with E-state index in [1.165, 1.54) is 12.4 Å². The lowest BCUT2D eigenvalue weighted by Gasteiger charge is -2.04. The minimum absolute atomic E-state index is 0.0942. The molecule has 1 heterocycles. The molecule has 0 atom stereocenters. The topological polar surface area (TPSA) is 78.7 Å². The second kappa shape index (κ2) is 4.86. The smallest absolute Gasteiger partial charge is 0.256 e. The molecule has 0 aliphatic rings. The summed E-state index contributed by atoms with van der Waals surface area (Å²) in [5.74, 6) is -0.147. The first-order valence-corrected chi connectivity index (χ1v) is 4.89. The van der Waals surface area contributed by atoms with Gasteiger partial charge in [0.1, 0.15) is 6.07 Å². The van der Waals surface area contributed by atoms with Gasteiger partial charge in [-0.25, -0.2) is 9.97 Å². The van der Waals surface area contributed by atoms with Crippen LogP contribution in [0.5, 0.6) is 0 Å². The number of nitriles is 1. The first-order valence-electron chi connectivity index (χ1n) is 4.89. The standard InChI is InChI=1S/C12H8N4O/c13-8-10-11(15-7-6-14-10)16-12(17)9-4-2-1-3-5-9/h1-7H,(H,15,16,17). The van der Waals surface area contributed by atoms with E-state index < -0.39 is 0 Å². The van der Waals surface area contributed by atoms with E-state index in [1.54, 1.807) is 24.3 Å². The molecule has 1 N–H and O–H groups in total. The van der Waals surface area contributed by atoms with Gasteiger partial charge in [-0.2, -0.15) is 5.26 Å². The lowest BCUT2D eigenvalue weighted by Crippen LogP contribution is -2.14. The number of hydrogen-bond donors (Lipinski definition) is 1. The quantitative estimate of drug-likeness (QED) is 0.840. The number of aromatic nitrogens is 2. The molecular weight excluding hydrogens is 216 g/mol. The van der Waals surface area contributed by atoms with Crippen LogP contribution < -0.4 is 5.32 Å². The third-order valence-corrected chi connectivity index (χ3v) is 2.07. The summed E-state index contributed by atoms with van der Waals surface area (Å²) in [4.78, 5) is 19.5. The molecule has 1 aromatic carbocycles. The van der Waals surface area contributed by atoms with Crippen LogP contribution in [0.2, 0.25) is 0 Å². The highest BCUT2D eigenvalue weighted by Crippen LogP contribution is 2.09. The van der Waals surface area contributed by atoms with E-state index in [-0.39, 0.29) is 17.4 Å². The molecule has 5 nitrogen and oxygen atoms in total. The first kappa shape index (κ1) is 10.8. The SMILES string of the molecule is N#Cc1nccnc1NC(=O)c1ccccc1. The zero-order valence-electron chi connectivity index (χ0n) is 8.79. The maximum atomic E-state index is 11.8. The van der Waals surface area contributed by atoms with Gasteiger partial charge in [0.25, 0.3) is 5.91 Å². The zero-order valence-corrected chi connectivity index (χ0v) is 8.79. The Bertz CT molecular complexity index is 575. The van der Waals surface area contributed by atoms with Crippen molar-refractivity contribution in [2.45, 2.75) is 0 Å². The van der Waals surface area contributed by atoms with Crippen molar-refractivity contribution in [3.05, 3.63) is 54.0 Å². The average molecular weight is 224 g/mol. The average Bonchev–Trinajstić information content (AvgIpc) is 2.40. The van der Waals surface area contributed by atoms with Gasteiger partial charge in [0.05, 0.1) is 0 Å². The van der Waals surface area contributed by atoms with Gasteiger partial charge < -0.3 is 5.32 Å². The van der Waals surface area contributed by atoms with Crippen LogP contribution in [0.3, 0.4) is 0 Å². The Balaban J connectivity index is 2.23. The summed E-state index contributed by atoms with van der Waals surface area (Å²) in [5, 5.41) is 11.3. The van der Waals surface area contributed by atoms with E-state index in [9.17, 15) is 4.79 Å². The maximum absolute atomic E-state index is 11.8. The molecule has 0 aliphatic carbocycles. The second-order valence-corrected chi connectivity index (χ2v) is 3.19. The predicted octanol–water partition coefficient (Wildman–Crippen LogP) is 1.60. The number of rotatable bonds is 2. The van der Waals surface area contributed by atoms with Gasteiger partial charge >= 0.3 is 0 Å². The Kier molecular flexibility index (Phi) is 3.08. The van der Waals surface area contributed by atoms with Crippen LogP contribution in [0.1, 0.15) is 16.1 Å². The highest BCUT2D eigenvalue weighted by atomic mass is 16.1. The van der Waals surface area contributed by atoms with Crippen LogP contribution >= 0.6 is 0 Å². The van der Waals surface area contributed by atoms with Crippen LogP contribution in [0.15, 0.2) is 42.7 Å². The second-order valence-electron chi connectivity index (χ2n) is 3.19. The van der Waals surface area contributed by atoms with Crippen LogP contribution in [-0.2, 0) is 0 Å². The fraction of sp³-hybridized carbons (Fsp3) is 0. The summed E-state index contributed by atoms with van der Waals surface area (Å²) in [6, 6.07) is 10.6. The summed E-state index contributed by atoms with van der Waals surface area (Å²) in [5.41, 5.74) is 0.596. The molecule has 0 aliphatic heterocycles. The highest BCUT2D eigenvalue weighted by Gasteiger charge is 2.09. The minimum atomic E-state index is -0.317. The van der Waals surface area contributed by atoms with E-state index in [2.05, 4.69) is 15.3 Å². The van der Waals surface area contributed by atoms with Crippen LogP contribution in [0.25, 0.3) is 0 Å². The van der Waals surface area contributed by atoms with Gasteiger partial charge in [-0.05, 0) is 12.1 Å². The lowest BCUT2D eigenvalue weighted by molar-refractivity contribution is 0.102. The van der Waals surface area contributed by atoms with Crippen LogP contribution in [0.4, 0.5) is 5.82 Å². The molecule has 17 heavy (non-hydrogen) atoms. The van der Waals surface area contributed by atoms with Gasteiger partial charge in [0.2, 0.25) is 0 Å². The van der Waals surface area contributed by atoms with Crippen LogP contribution in [-0.4, -0.2) is 15.9 Å². The fourth-order valence-electron chi connectivity index (χ4n) is 1.28. The fourth-order valence-corrected chi connectivity index (χ4v) is 1.28. The molecule has 0 fully saturated rings. The van der Waals surface area contributed by atoms with E-state index in [0.29, 0.717) is 5.56 Å². The molecule has 0 unspecified atom stereocenters. The van der Waals surface area contributed by atoms with Crippen molar-refractivity contribution in [1.82, 2.24) is 9.97 Å². The van der Waals surface area contributed by atoms with Gasteiger partial charge in [0, 0.05) is 18.0 Å². The number of anilines is 1. The molecule has 2 aromatic rings. The molecule has 0 saturated heterocycles. The molecule has 82 valence electrons. The molecule has 0 saturated carbocycles. The molecule has 0 radical (unpaired) electrons. The summed E-state index contributed by atoms with van der Waals surface area (Å²) < 4.78 is 0. The number of carbonyl (C=O) groups is 1. The third kappa shape index (κ3) is 2.44. The Hall–Kier alpha value is -2.74. The Morgan fingerprint density at radius 1 is 1.18 bits per heavy atom. The van der Waals surface area contributed by atoms with Gasteiger partial charge in [-0.15, -0.1) is 0 Å². The summed E-state index contributed by atoms with van der Waals surface area (Å²) in [6.45, 7) is 0. The summed E-state index contributed by atoms with van der Waals surface area (Å²) in [6.07, 6.45) is 2.82. The maximum Gasteiger partial charge on any atom is 0.256 e. The highest BCUT2D eigenvalue weighted by molar-refractivity contribution is 6.04. The van der Waals surface area contributed by atoms with E-state index in [4.69, 9.17) is 5.26 Å². The lowest BCUT2D eigenvalue weighted by atomic mass is 10.2. The van der Waals surface area contributed by atoms with Crippen molar-refractivity contribution < 1.29 is 4.79 Å². The van der Waals surface area contributed by atoms with Crippen LogP contribution in [0, 0.1) is 11.3 Å². The Labute approximate surface area is 97.8 Å². The van der Waals surface area contributed by atoms with Crippen molar-refractivity contribution in [2.75, 3.05) is 5.32 Å². The monoisotopic (exact) mass is 224 g/mol. The van der Waals surface area contributed by atoms with Crippen molar-refractivity contribution in [3.63, 3.8) is 0 Å². The molecule has 1 aromatic heterocycles. The van der Waals surface area contributed by atoms with Gasteiger partial charge in [-0.1, -0.05) is 18.2 Å². The molecule has 0 spiro atoms. The summed E-state index contributed by atoms with van der Waals surface area (Å²) >= 11 is 0. The van der Waals surface area contributed by atoms with Crippen molar-refractivity contribution in [2.24, 2.45) is 0 Å². The number of benzene rings is 1. The van der Waals surface area contributed by atoms with Crippen molar-refractivity contribution in [1.29, 1.82) is 5.26 Å². The normalized spacial score (nSPS) is 9.35. The van der Waals surface area contributed by atoms with E-state index in [1.807, 2.05) is 12.1 Å². The summed E-state index contributed by atoms with van der Waals surface area (Å²) in [7, 11) is 0. The number of nitrogens with zero attached hydrogens (tertiary/aromatic N) is 3. The molecular formula is C12H8N4O. The third-order valence-electron chi connectivity index (χ3n) is 2.07. The Morgan fingerprint density at radius 3 is 2.59 bits per heavy atom. The predicted molar refractivity (Wildman–Crippen MR) is 61.1 cm³/mol. The van der Waals surface area contributed by atoms with Crippen molar-refractivity contribution >= 4 is 11.7 Å². The molecule has 0 bridgehead atoms. The minimum Gasteiger partial charge on any atom is -0.304 e. The van der Waals surface area contributed by atoms with Crippen molar-refractivity contribution in [3.8, 4) is 6.07 Å². The Morgan fingerprint density at radius 2 is 1.88 bits per heavy atom. The number of hydrogen-bond acceptors (Lipinski definition) is 4. The molecule has 1 amide bonds. The largest absolute Gasteiger partial charge is 0.304 e. The van der Waals surface area contributed by atoms with E-state index in [0.717, 1.165) is 0 Å². The zero-order chi connectivity index (χ0) is 12.1. The van der Waals surface area contributed by atoms with E-state index >= 15 is 0 Å². The van der Waals surface area contributed by atoms with Gasteiger partial charge in [0.15, 0.2) is 11.5 Å². The number of amides is 1. The molecule has 2 rings (SSSR count).